The van der Waals surface area contributed by atoms with Crippen LogP contribution in [0.5, 0.6) is 0 Å². The van der Waals surface area contributed by atoms with Crippen LogP contribution in [0.1, 0.15) is 18.0 Å². The minimum absolute atomic E-state index is 0. The van der Waals surface area contributed by atoms with Crippen molar-refractivity contribution in [2.75, 3.05) is 33.2 Å². The number of hydrogen-bond acceptors (Lipinski definition) is 4. The zero-order chi connectivity index (χ0) is 15.9. The molecule has 1 heterocycles. The number of hydrogen-bond donors (Lipinski definition) is 3. The summed E-state index contributed by atoms with van der Waals surface area (Å²) in [6.07, 6.45) is 0.221. The summed E-state index contributed by atoms with van der Waals surface area (Å²) < 4.78 is 13.4. The number of imide groups is 1. The molecule has 1 saturated heterocycles. The lowest BCUT2D eigenvalue weighted by atomic mass is 10.0. The van der Waals surface area contributed by atoms with E-state index in [1.165, 1.54) is 19.2 Å². The molecule has 0 saturated carbocycles. The highest BCUT2D eigenvalue weighted by atomic mass is 35.5. The zero-order valence-electron chi connectivity index (χ0n) is 13.0. The fourth-order valence-corrected chi connectivity index (χ4v) is 2.55. The monoisotopic (exact) mass is 344 g/mol. The number of carbonyl (C=O) groups excluding carboxylic acids is 2. The minimum atomic E-state index is -0.507. The lowest BCUT2D eigenvalue weighted by Crippen LogP contribution is -2.47. The molecule has 1 unspecified atom stereocenters. The molecule has 1 aliphatic rings. The van der Waals surface area contributed by atoms with Gasteiger partial charge in [0, 0.05) is 45.7 Å². The van der Waals surface area contributed by atoms with E-state index in [4.69, 9.17) is 0 Å². The molecule has 3 amide bonds. The van der Waals surface area contributed by atoms with Gasteiger partial charge in [-0.05, 0) is 17.7 Å². The standard InChI is InChI=1S/C15H21FN4O2.ClH/c1-17-15(22)19-14(21)5-7-20-8-6-18-10-13(20)11-3-2-4-12(16)9-11;/h2-4,9,13,18H,5-8,10H2,1H3,(H2,17,19,21,22);1H. The van der Waals surface area contributed by atoms with Crippen molar-refractivity contribution in [1.82, 2.24) is 20.9 Å². The first kappa shape index (κ1) is 19.3. The molecular formula is C15H22ClFN4O2. The number of benzene rings is 1. The van der Waals surface area contributed by atoms with Gasteiger partial charge in [0.25, 0.3) is 0 Å². The van der Waals surface area contributed by atoms with Gasteiger partial charge in [-0.15, -0.1) is 12.4 Å². The molecule has 6 nitrogen and oxygen atoms in total. The minimum Gasteiger partial charge on any atom is -0.341 e. The van der Waals surface area contributed by atoms with E-state index in [1.807, 2.05) is 6.07 Å². The molecule has 1 fully saturated rings. The topological polar surface area (TPSA) is 73.5 Å². The van der Waals surface area contributed by atoms with E-state index in [0.29, 0.717) is 13.1 Å². The first-order chi connectivity index (χ1) is 10.6. The molecule has 2 rings (SSSR count). The largest absolute Gasteiger partial charge is 0.341 e. The zero-order valence-corrected chi connectivity index (χ0v) is 13.8. The molecular weight excluding hydrogens is 323 g/mol. The van der Waals surface area contributed by atoms with E-state index < -0.39 is 6.03 Å². The first-order valence-corrected chi connectivity index (χ1v) is 7.32. The number of nitrogens with one attached hydrogen (secondary N) is 3. The van der Waals surface area contributed by atoms with Crippen LogP contribution in [0.15, 0.2) is 24.3 Å². The Balaban J connectivity index is 0.00000264. The second-order valence-electron chi connectivity index (χ2n) is 5.19. The van der Waals surface area contributed by atoms with Crippen LogP contribution in [-0.2, 0) is 4.79 Å². The summed E-state index contributed by atoms with van der Waals surface area (Å²) in [5.41, 5.74) is 0.888. The summed E-state index contributed by atoms with van der Waals surface area (Å²) >= 11 is 0. The van der Waals surface area contributed by atoms with Crippen molar-refractivity contribution in [2.45, 2.75) is 12.5 Å². The van der Waals surface area contributed by atoms with E-state index in [0.717, 1.165) is 18.7 Å². The quantitative estimate of drug-likeness (QED) is 0.763. The van der Waals surface area contributed by atoms with Crippen LogP contribution < -0.4 is 16.0 Å². The molecule has 0 spiro atoms. The molecule has 0 bridgehead atoms. The number of amides is 3. The molecule has 128 valence electrons. The summed E-state index contributed by atoms with van der Waals surface area (Å²) in [7, 11) is 1.46. The second-order valence-corrected chi connectivity index (χ2v) is 5.19. The second kappa shape index (κ2) is 9.44. The molecule has 3 N–H and O–H groups in total. The highest BCUT2D eigenvalue weighted by Crippen LogP contribution is 2.22. The van der Waals surface area contributed by atoms with Crippen molar-refractivity contribution < 1.29 is 14.0 Å². The third-order valence-corrected chi connectivity index (χ3v) is 3.69. The predicted octanol–water partition coefficient (Wildman–Crippen LogP) is 1.04. The van der Waals surface area contributed by atoms with E-state index in [1.54, 1.807) is 6.07 Å². The Labute approximate surface area is 141 Å². The van der Waals surface area contributed by atoms with Crippen molar-refractivity contribution in [2.24, 2.45) is 0 Å². The van der Waals surface area contributed by atoms with Crippen LogP contribution in [0, 0.1) is 5.82 Å². The fraction of sp³-hybridized carbons (Fsp3) is 0.467. The van der Waals surface area contributed by atoms with Crippen LogP contribution in [0.2, 0.25) is 0 Å². The van der Waals surface area contributed by atoms with E-state index >= 15 is 0 Å². The summed E-state index contributed by atoms with van der Waals surface area (Å²) in [4.78, 5) is 24.9. The molecule has 1 atom stereocenters. The Kier molecular flexibility index (Phi) is 7.94. The van der Waals surface area contributed by atoms with Crippen LogP contribution in [0.4, 0.5) is 9.18 Å². The Morgan fingerprint density at radius 2 is 2.22 bits per heavy atom. The highest BCUT2D eigenvalue weighted by molar-refractivity contribution is 5.94. The molecule has 23 heavy (non-hydrogen) atoms. The fourth-order valence-electron chi connectivity index (χ4n) is 2.55. The van der Waals surface area contributed by atoms with E-state index in [9.17, 15) is 14.0 Å². The van der Waals surface area contributed by atoms with Crippen molar-refractivity contribution in [3.8, 4) is 0 Å². The van der Waals surface area contributed by atoms with Crippen LogP contribution in [-0.4, -0.2) is 50.1 Å². The van der Waals surface area contributed by atoms with Gasteiger partial charge in [0.05, 0.1) is 0 Å². The van der Waals surface area contributed by atoms with Crippen molar-refractivity contribution >= 4 is 24.3 Å². The van der Waals surface area contributed by atoms with Crippen LogP contribution in [0.25, 0.3) is 0 Å². The Morgan fingerprint density at radius 1 is 1.43 bits per heavy atom. The van der Waals surface area contributed by atoms with Crippen molar-refractivity contribution in [3.63, 3.8) is 0 Å². The summed E-state index contributed by atoms with van der Waals surface area (Å²) in [5, 5.41) is 7.86. The molecule has 1 aliphatic heterocycles. The molecule has 0 aliphatic carbocycles. The predicted molar refractivity (Wildman–Crippen MR) is 88.0 cm³/mol. The van der Waals surface area contributed by atoms with Crippen LogP contribution in [0.3, 0.4) is 0 Å². The maximum atomic E-state index is 13.4. The Hall–Kier alpha value is -1.70. The average Bonchev–Trinajstić information content (AvgIpc) is 2.53. The number of halogens is 2. The summed E-state index contributed by atoms with van der Waals surface area (Å²) in [6.45, 7) is 2.82. The van der Waals surface area contributed by atoms with Gasteiger partial charge in [-0.3, -0.25) is 15.0 Å². The maximum Gasteiger partial charge on any atom is 0.321 e. The Morgan fingerprint density at radius 3 is 2.91 bits per heavy atom. The van der Waals surface area contributed by atoms with Gasteiger partial charge in [0.1, 0.15) is 5.82 Å². The van der Waals surface area contributed by atoms with Gasteiger partial charge >= 0.3 is 6.03 Å². The van der Waals surface area contributed by atoms with Crippen molar-refractivity contribution in [3.05, 3.63) is 35.6 Å². The number of nitrogens with zero attached hydrogens (tertiary/aromatic N) is 1. The lowest BCUT2D eigenvalue weighted by molar-refractivity contribution is -0.120. The highest BCUT2D eigenvalue weighted by Gasteiger charge is 2.24. The normalized spacial score (nSPS) is 17.9. The van der Waals surface area contributed by atoms with Gasteiger partial charge in [-0.1, -0.05) is 12.1 Å². The van der Waals surface area contributed by atoms with E-state index in [-0.39, 0.29) is 36.6 Å². The summed E-state index contributed by atoms with van der Waals surface area (Å²) in [6, 6.07) is 6.04. The number of piperazine rings is 1. The molecule has 1 aromatic rings. The molecule has 0 radical (unpaired) electrons. The van der Waals surface area contributed by atoms with E-state index in [2.05, 4.69) is 20.9 Å². The number of carbonyl (C=O) groups is 2. The van der Waals surface area contributed by atoms with Gasteiger partial charge in [0.2, 0.25) is 5.91 Å². The van der Waals surface area contributed by atoms with Gasteiger partial charge in [-0.2, -0.15) is 0 Å². The lowest BCUT2D eigenvalue weighted by Gasteiger charge is -2.36. The number of rotatable bonds is 4. The third-order valence-electron chi connectivity index (χ3n) is 3.69. The van der Waals surface area contributed by atoms with Gasteiger partial charge < -0.3 is 10.6 Å². The van der Waals surface area contributed by atoms with Gasteiger partial charge in [0.15, 0.2) is 0 Å². The molecule has 1 aromatic carbocycles. The average molecular weight is 345 g/mol. The first-order valence-electron chi connectivity index (χ1n) is 7.32. The summed E-state index contributed by atoms with van der Waals surface area (Å²) in [5.74, 6) is -0.587. The number of urea groups is 1. The molecule has 8 heteroatoms. The smallest absolute Gasteiger partial charge is 0.321 e. The Bertz CT molecular complexity index is 544. The van der Waals surface area contributed by atoms with Crippen LogP contribution >= 0.6 is 12.4 Å². The van der Waals surface area contributed by atoms with Crippen molar-refractivity contribution in [1.29, 1.82) is 0 Å². The SMILES string of the molecule is CNC(=O)NC(=O)CCN1CCNCC1c1cccc(F)c1.Cl. The van der Waals surface area contributed by atoms with Gasteiger partial charge in [-0.25, -0.2) is 9.18 Å². The third kappa shape index (κ3) is 5.78. The maximum absolute atomic E-state index is 13.4. The molecule has 0 aromatic heterocycles.